The fraction of sp³-hybridized carbons (Fsp3) is 0.474. The molecule has 0 radical (unpaired) electrons. The number of carbonyl (C=O) groups is 1. The van der Waals surface area contributed by atoms with Crippen LogP contribution in [0.2, 0.25) is 0 Å². The minimum Gasteiger partial charge on any atom is -0.497 e. The van der Waals surface area contributed by atoms with E-state index in [-0.39, 0.29) is 17.5 Å². The van der Waals surface area contributed by atoms with Gasteiger partial charge in [-0.2, -0.15) is 5.10 Å². The number of hydrogen-bond acceptors (Lipinski definition) is 3. The van der Waals surface area contributed by atoms with Crippen molar-refractivity contribution in [1.82, 2.24) is 20.4 Å². The number of amides is 2. The Kier molecular flexibility index (Phi) is 4.70. The lowest BCUT2D eigenvalue weighted by atomic mass is 9.74. The smallest absolute Gasteiger partial charge is 0.315 e. The van der Waals surface area contributed by atoms with Crippen molar-refractivity contribution < 1.29 is 9.53 Å². The Morgan fingerprint density at radius 1 is 1.36 bits per heavy atom. The van der Waals surface area contributed by atoms with Gasteiger partial charge in [-0.05, 0) is 49.4 Å². The summed E-state index contributed by atoms with van der Waals surface area (Å²) in [6.07, 6.45) is 3.69. The number of benzene rings is 1. The first-order valence-electron chi connectivity index (χ1n) is 8.69. The third-order valence-electron chi connectivity index (χ3n) is 4.64. The molecule has 1 heterocycles. The number of nitrogens with zero attached hydrogens (tertiary/aromatic N) is 2. The SMILES string of the molecule is CCNC(=O)N[C@H]1CC(C)(C)Cc2c1cnn2-c1ccc(OC)cc1. The molecule has 0 saturated carbocycles. The first-order valence-corrected chi connectivity index (χ1v) is 8.69. The van der Waals surface area contributed by atoms with E-state index in [1.807, 2.05) is 42.1 Å². The molecule has 0 spiro atoms. The summed E-state index contributed by atoms with van der Waals surface area (Å²) in [5.41, 5.74) is 3.34. The first kappa shape index (κ1) is 17.3. The number of fused-ring (bicyclic) bond motifs is 1. The van der Waals surface area contributed by atoms with Crippen LogP contribution >= 0.6 is 0 Å². The zero-order valence-electron chi connectivity index (χ0n) is 15.3. The Hall–Kier alpha value is -2.50. The fourth-order valence-corrected chi connectivity index (χ4v) is 3.49. The van der Waals surface area contributed by atoms with Crippen LogP contribution in [-0.4, -0.2) is 29.5 Å². The summed E-state index contributed by atoms with van der Waals surface area (Å²) in [5, 5.41) is 10.5. The molecule has 2 N–H and O–H groups in total. The average Bonchev–Trinajstić information content (AvgIpc) is 2.97. The molecule has 2 amide bonds. The molecule has 0 aliphatic heterocycles. The molecule has 1 aliphatic carbocycles. The number of carbonyl (C=O) groups excluding carboxylic acids is 1. The third-order valence-corrected chi connectivity index (χ3v) is 4.64. The van der Waals surface area contributed by atoms with Crippen molar-refractivity contribution in [3.63, 3.8) is 0 Å². The third kappa shape index (κ3) is 3.62. The highest BCUT2D eigenvalue weighted by Crippen LogP contribution is 2.41. The number of methoxy groups -OCH3 is 1. The van der Waals surface area contributed by atoms with Gasteiger partial charge in [0.2, 0.25) is 0 Å². The highest BCUT2D eigenvalue weighted by molar-refractivity contribution is 5.74. The lowest BCUT2D eigenvalue weighted by Gasteiger charge is -2.35. The molecule has 25 heavy (non-hydrogen) atoms. The van der Waals surface area contributed by atoms with Crippen molar-refractivity contribution >= 4 is 6.03 Å². The molecule has 2 aromatic rings. The number of rotatable bonds is 4. The van der Waals surface area contributed by atoms with Crippen molar-refractivity contribution in [3.8, 4) is 11.4 Å². The average molecular weight is 342 g/mol. The van der Waals surface area contributed by atoms with E-state index in [2.05, 4.69) is 29.6 Å². The van der Waals surface area contributed by atoms with E-state index < -0.39 is 0 Å². The van der Waals surface area contributed by atoms with Crippen LogP contribution in [0.25, 0.3) is 5.69 Å². The van der Waals surface area contributed by atoms with Crippen LogP contribution in [0.3, 0.4) is 0 Å². The topological polar surface area (TPSA) is 68.2 Å². The summed E-state index contributed by atoms with van der Waals surface area (Å²) in [4.78, 5) is 12.0. The van der Waals surface area contributed by atoms with Crippen LogP contribution < -0.4 is 15.4 Å². The Bertz CT molecular complexity index is 749. The molecular weight excluding hydrogens is 316 g/mol. The van der Waals surface area contributed by atoms with Gasteiger partial charge in [0.1, 0.15) is 5.75 Å². The molecule has 6 nitrogen and oxygen atoms in total. The summed E-state index contributed by atoms with van der Waals surface area (Å²) in [7, 11) is 1.66. The van der Waals surface area contributed by atoms with Crippen molar-refractivity contribution in [2.24, 2.45) is 5.41 Å². The Balaban J connectivity index is 1.94. The molecule has 0 fully saturated rings. The molecule has 134 valence electrons. The quantitative estimate of drug-likeness (QED) is 0.896. The van der Waals surface area contributed by atoms with Crippen LogP contribution in [0.1, 0.15) is 44.5 Å². The van der Waals surface area contributed by atoms with E-state index in [1.165, 1.54) is 0 Å². The van der Waals surface area contributed by atoms with Crippen molar-refractivity contribution in [2.45, 2.75) is 39.7 Å². The standard InChI is InChI=1S/C19H26N4O2/c1-5-20-18(24)22-16-10-19(2,3)11-17-15(16)12-21-23(17)13-6-8-14(25-4)9-7-13/h6-9,12,16H,5,10-11H2,1-4H3,(H2,20,22,24)/t16-/m0/s1. The van der Waals surface area contributed by atoms with Gasteiger partial charge in [0.05, 0.1) is 30.7 Å². The predicted octanol–water partition coefficient (Wildman–Crippen LogP) is 3.21. The maximum Gasteiger partial charge on any atom is 0.315 e. The fourth-order valence-electron chi connectivity index (χ4n) is 3.49. The van der Waals surface area contributed by atoms with Gasteiger partial charge in [-0.1, -0.05) is 13.8 Å². The molecule has 0 bridgehead atoms. The van der Waals surface area contributed by atoms with Crippen LogP contribution in [0.4, 0.5) is 4.79 Å². The van der Waals surface area contributed by atoms with Crippen LogP contribution in [0, 0.1) is 5.41 Å². The van der Waals surface area contributed by atoms with E-state index in [1.54, 1.807) is 7.11 Å². The van der Waals surface area contributed by atoms with E-state index >= 15 is 0 Å². The second kappa shape index (κ2) is 6.78. The zero-order chi connectivity index (χ0) is 18.0. The molecule has 1 aromatic heterocycles. The number of nitrogens with one attached hydrogen (secondary N) is 2. The minimum absolute atomic E-state index is 0.0303. The monoisotopic (exact) mass is 342 g/mol. The van der Waals surface area contributed by atoms with Gasteiger partial charge in [-0.3, -0.25) is 0 Å². The van der Waals surface area contributed by atoms with E-state index in [9.17, 15) is 4.79 Å². The minimum atomic E-state index is -0.131. The van der Waals surface area contributed by atoms with Gasteiger partial charge in [-0.25, -0.2) is 9.48 Å². The first-order chi connectivity index (χ1) is 11.9. The van der Waals surface area contributed by atoms with Gasteiger partial charge in [0.15, 0.2) is 0 Å². The van der Waals surface area contributed by atoms with Crippen LogP contribution in [-0.2, 0) is 6.42 Å². The largest absolute Gasteiger partial charge is 0.497 e. The Labute approximate surface area is 148 Å². The van der Waals surface area contributed by atoms with Crippen LogP contribution in [0.15, 0.2) is 30.5 Å². The molecular formula is C19H26N4O2. The normalized spacial score (nSPS) is 18.3. The molecule has 6 heteroatoms. The molecule has 0 unspecified atom stereocenters. The van der Waals surface area contributed by atoms with Crippen LogP contribution in [0.5, 0.6) is 5.75 Å². The molecule has 0 saturated heterocycles. The second-order valence-corrected chi connectivity index (χ2v) is 7.26. The van der Waals surface area contributed by atoms with Gasteiger partial charge < -0.3 is 15.4 Å². The summed E-state index contributed by atoms with van der Waals surface area (Å²) in [5.74, 6) is 0.820. The van der Waals surface area contributed by atoms with Crippen molar-refractivity contribution in [2.75, 3.05) is 13.7 Å². The van der Waals surface area contributed by atoms with Gasteiger partial charge in [-0.15, -0.1) is 0 Å². The lowest BCUT2D eigenvalue weighted by Crippen LogP contribution is -2.41. The summed E-state index contributed by atoms with van der Waals surface area (Å²) < 4.78 is 7.21. The number of aromatic nitrogens is 2. The Morgan fingerprint density at radius 3 is 2.72 bits per heavy atom. The maximum atomic E-state index is 12.0. The number of ether oxygens (including phenoxy) is 1. The molecule has 1 aromatic carbocycles. The summed E-state index contributed by atoms with van der Waals surface area (Å²) >= 11 is 0. The van der Waals surface area contributed by atoms with E-state index in [4.69, 9.17) is 4.74 Å². The molecule has 3 rings (SSSR count). The Morgan fingerprint density at radius 2 is 2.08 bits per heavy atom. The van der Waals surface area contributed by atoms with E-state index in [0.29, 0.717) is 6.54 Å². The molecule has 1 atom stereocenters. The van der Waals surface area contributed by atoms with Gasteiger partial charge in [0.25, 0.3) is 0 Å². The predicted molar refractivity (Wildman–Crippen MR) is 97.2 cm³/mol. The lowest BCUT2D eigenvalue weighted by molar-refractivity contribution is 0.221. The molecule has 1 aliphatic rings. The second-order valence-electron chi connectivity index (χ2n) is 7.26. The zero-order valence-corrected chi connectivity index (χ0v) is 15.3. The van der Waals surface area contributed by atoms with Crippen molar-refractivity contribution in [1.29, 1.82) is 0 Å². The number of hydrogen-bond donors (Lipinski definition) is 2. The van der Waals surface area contributed by atoms with E-state index in [0.717, 1.165) is 35.5 Å². The maximum absolute atomic E-state index is 12.0. The highest BCUT2D eigenvalue weighted by atomic mass is 16.5. The summed E-state index contributed by atoms with van der Waals surface area (Å²) in [6.45, 7) is 6.98. The highest BCUT2D eigenvalue weighted by Gasteiger charge is 2.35. The van der Waals surface area contributed by atoms with Gasteiger partial charge >= 0.3 is 6.03 Å². The van der Waals surface area contributed by atoms with Gasteiger partial charge in [0, 0.05) is 12.1 Å². The summed E-state index contributed by atoms with van der Waals surface area (Å²) in [6, 6.07) is 7.70. The van der Waals surface area contributed by atoms with Crippen molar-refractivity contribution in [3.05, 3.63) is 41.7 Å². The number of urea groups is 1.